The minimum Gasteiger partial charge on any atom is -0.381 e. The highest BCUT2D eigenvalue weighted by molar-refractivity contribution is 5.51. The number of hydrogen-bond donors (Lipinski definition) is 2. The lowest BCUT2D eigenvalue weighted by atomic mass is 10.1. The molecule has 1 fully saturated rings. The molecule has 0 aliphatic carbocycles. The largest absolute Gasteiger partial charge is 0.381 e. The summed E-state index contributed by atoms with van der Waals surface area (Å²) >= 11 is 0. The summed E-state index contributed by atoms with van der Waals surface area (Å²) in [7, 11) is 0. The van der Waals surface area contributed by atoms with Crippen molar-refractivity contribution >= 4 is 11.5 Å². The minimum absolute atomic E-state index is 0.802. The molecule has 1 aromatic carbocycles. The summed E-state index contributed by atoms with van der Waals surface area (Å²) in [5.74, 6) is 1.11. The van der Waals surface area contributed by atoms with Crippen LogP contribution in [-0.2, 0) is 13.1 Å². The molecule has 1 aliphatic heterocycles. The second kappa shape index (κ2) is 7.97. The number of pyridine rings is 1. The summed E-state index contributed by atoms with van der Waals surface area (Å²) in [4.78, 5) is 6.98. The summed E-state index contributed by atoms with van der Waals surface area (Å²) in [6, 6.07) is 12.8. The van der Waals surface area contributed by atoms with E-state index in [0.29, 0.717) is 0 Å². The van der Waals surface area contributed by atoms with E-state index in [9.17, 15) is 0 Å². The molecule has 1 saturated heterocycles. The van der Waals surface area contributed by atoms with Gasteiger partial charge in [0.2, 0.25) is 0 Å². The first-order valence-corrected chi connectivity index (χ1v) is 8.59. The molecule has 3 rings (SSSR count). The molecule has 122 valence electrons. The zero-order chi connectivity index (χ0) is 15.9. The van der Waals surface area contributed by atoms with Crippen LogP contribution in [0.5, 0.6) is 0 Å². The van der Waals surface area contributed by atoms with Crippen LogP contribution in [-0.4, -0.2) is 24.6 Å². The maximum Gasteiger partial charge on any atom is 0.128 e. The first-order chi connectivity index (χ1) is 11.4. The summed E-state index contributed by atoms with van der Waals surface area (Å²) in [5, 5.41) is 6.92. The van der Waals surface area contributed by atoms with E-state index in [2.05, 4.69) is 63.8 Å². The highest BCUT2D eigenvalue weighted by atomic mass is 15.2. The Morgan fingerprint density at radius 2 is 1.87 bits per heavy atom. The van der Waals surface area contributed by atoms with Crippen LogP contribution in [0.25, 0.3) is 0 Å². The number of rotatable bonds is 7. The molecule has 0 unspecified atom stereocenters. The smallest absolute Gasteiger partial charge is 0.128 e. The van der Waals surface area contributed by atoms with Gasteiger partial charge in [0, 0.05) is 38.1 Å². The zero-order valence-electron chi connectivity index (χ0n) is 13.9. The van der Waals surface area contributed by atoms with Gasteiger partial charge in [0.1, 0.15) is 5.82 Å². The Morgan fingerprint density at radius 3 is 2.61 bits per heavy atom. The Kier molecular flexibility index (Phi) is 5.48. The topological polar surface area (TPSA) is 40.2 Å². The van der Waals surface area contributed by atoms with Crippen molar-refractivity contribution in [3.05, 3.63) is 53.7 Å². The highest BCUT2D eigenvalue weighted by Crippen LogP contribution is 2.19. The Bertz CT molecular complexity index is 603. The average Bonchev–Trinajstić information content (AvgIpc) is 3.14. The SMILES string of the molecule is CCNCc1ccccc1NCc1ccc(N2CCCC2)nc1. The van der Waals surface area contributed by atoms with E-state index in [-0.39, 0.29) is 0 Å². The van der Waals surface area contributed by atoms with Crippen LogP contribution in [0.3, 0.4) is 0 Å². The monoisotopic (exact) mass is 310 g/mol. The fourth-order valence-corrected chi connectivity index (χ4v) is 2.96. The van der Waals surface area contributed by atoms with Crippen molar-refractivity contribution in [2.45, 2.75) is 32.9 Å². The van der Waals surface area contributed by atoms with Crippen molar-refractivity contribution < 1.29 is 0 Å². The molecular formula is C19H26N4. The van der Waals surface area contributed by atoms with Crippen LogP contribution in [0.1, 0.15) is 30.9 Å². The quantitative estimate of drug-likeness (QED) is 0.822. The normalized spacial score (nSPS) is 14.2. The summed E-state index contributed by atoms with van der Waals surface area (Å²) in [6.07, 6.45) is 4.56. The van der Waals surface area contributed by atoms with Gasteiger partial charge in [-0.2, -0.15) is 0 Å². The molecular weight excluding hydrogens is 284 g/mol. The van der Waals surface area contributed by atoms with Gasteiger partial charge in [-0.1, -0.05) is 31.2 Å². The van der Waals surface area contributed by atoms with Crippen molar-refractivity contribution in [3.63, 3.8) is 0 Å². The molecule has 0 bridgehead atoms. The molecule has 0 amide bonds. The zero-order valence-corrected chi connectivity index (χ0v) is 13.9. The maximum atomic E-state index is 4.62. The number of nitrogens with zero attached hydrogens (tertiary/aromatic N) is 2. The molecule has 0 atom stereocenters. The van der Waals surface area contributed by atoms with E-state index in [1.807, 2.05) is 6.20 Å². The summed E-state index contributed by atoms with van der Waals surface area (Å²) in [6.45, 7) is 7.09. The first-order valence-electron chi connectivity index (χ1n) is 8.59. The molecule has 1 aliphatic rings. The predicted molar refractivity (Wildman–Crippen MR) is 96.8 cm³/mol. The molecule has 4 heteroatoms. The molecule has 23 heavy (non-hydrogen) atoms. The third-order valence-corrected chi connectivity index (χ3v) is 4.30. The summed E-state index contributed by atoms with van der Waals surface area (Å²) < 4.78 is 0. The molecule has 2 N–H and O–H groups in total. The van der Waals surface area contributed by atoms with Gasteiger partial charge in [-0.25, -0.2) is 4.98 Å². The lowest BCUT2D eigenvalue weighted by Gasteiger charge is -2.16. The van der Waals surface area contributed by atoms with Crippen LogP contribution in [0, 0.1) is 0 Å². The van der Waals surface area contributed by atoms with Gasteiger partial charge in [0.05, 0.1) is 0 Å². The fourth-order valence-electron chi connectivity index (χ4n) is 2.96. The number of benzene rings is 1. The van der Waals surface area contributed by atoms with Crippen LogP contribution < -0.4 is 15.5 Å². The van der Waals surface area contributed by atoms with Gasteiger partial charge in [0.25, 0.3) is 0 Å². The van der Waals surface area contributed by atoms with E-state index < -0.39 is 0 Å². The average molecular weight is 310 g/mol. The van der Waals surface area contributed by atoms with Crippen LogP contribution in [0.15, 0.2) is 42.6 Å². The third kappa shape index (κ3) is 4.23. The Balaban J connectivity index is 1.59. The van der Waals surface area contributed by atoms with E-state index >= 15 is 0 Å². The number of hydrogen-bond acceptors (Lipinski definition) is 4. The standard InChI is InChI=1S/C19H26N4/c1-2-20-15-17-7-3-4-8-18(17)21-13-16-9-10-19(22-14-16)23-11-5-6-12-23/h3-4,7-10,14,20-21H,2,5-6,11-13,15H2,1H3. The molecule has 0 radical (unpaired) electrons. The van der Waals surface area contributed by atoms with Gasteiger partial charge < -0.3 is 15.5 Å². The molecule has 2 aromatic rings. The second-order valence-electron chi connectivity index (χ2n) is 6.01. The number of nitrogens with one attached hydrogen (secondary N) is 2. The van der Waals surface area contributed by atoms with Crippen molar-refractivity contribution in [1.82, 2.24) is 10.3 Å². The molecule has 0 saturated carbocycles. The van der Waals surface area contributed by atoms with Gasteiger partial charge in [0.15, 0.2) is 0 Å². The Morgan fingerprint density at radius 1 is 1.04 bits per heavy atom. The Hall–Kier alpha value is -2.07. The van der Waals surface area contributed by atoms with Gasteiger partial charge >= 0.3 is 0 Å². The predicted octanol–water partition coefficient (Wildman–Crippen LogP) is 3.40. The Labute approximate surface area is 138 Å². The van der Waals surface area contributed by atoms with E-state index in [1.165, 1.54) is 29.7 Å². The maximum absolute atomic E-state index is 4.62. The lowest BCUT2D eigenvalue weighted by Crippen LogP contribution is -2.18. The number of para-hydroxylation sites is 1. The molecule has 1 aromatic heterocycles. The molecule has 0 spiro atoms. The van der Waals surface area contributed by atoms with Gasteiger partial charge in [-0.15, -0.1) is 0 Å². The van der Waals surface area contributed by atoms with Crippen molar-refractivity contribution in [2.24, 2.45) is 0 Å². The molecule has 4 nitrogen and oxygen atoms in total. The number of aromatic nitrogens is 1. The van der Waals surface area contributed by atoms with Crippen LogP contribution >= 0.6 is 0 Å². The van der Waals surface area contributed by atoms with Crippen molar-refractivity contribution in [1.29, 1.82) is 0 Å². The van der Waals surface area contributed by atoms with E-state index in [0.717, 1.165) is 38.5 Å². The second-order valence-corrected chi connectivity index (χ2v) is 6.01. The van der Waals surface area contributed by atoms with Crippen molar-refractivity contribution in [3.8, 4) is 0 Å². The van der Waals surface area contributed by atoms with Crippen molar-refractivity contribution in [2.75, 3.05) is 29.9 Å². The molecule has 2 heterocycles. The van der Waals surface area contributed by atoms with Gasteiger partial charge in [-0.3, -0.25) is 0 Å². The highest BCUT2D eigenvalue weighted by Gasteiger charge is 2.12. The van der Waals surface area contributed by atoms with Gasteiger partial charge in [-0.05, 0) is 42.6 Å². The first kappa shape index (κ1) is 15.8. The van der Waals surface area contributed by atoms with E-state index in [4.69, 9.17) is 0 Å². The fraction of sp³-hybridized carbons (Fsp3) is 0.421. The lowest BCUT2D eigenvalue weighted by molar-refractivity contribution is 0.727. The van der Waals surface area contributed by atoms with Crippen LogP contribution in [0.2, 0.25) is 0 Å². The van der Waals surface area contributed by atoms with E-state index in [1.54, 1.807) is 0 Å². The summed E-state index contributed by atoms with van der Waals surface area (Å²) in [5.41, 5.74) is 3.71. The number of anilines is 2. The van der Waals surface area contributed by atoms with Crippen LogP contribution in [0.4, 0.5) is 11.5 Å². The minimum atomic E-state index is 0.802. The third-order valence-electron chi connectivity index (χ3n) is 4.30.